The van der Waals surface area contributed by atoms with Gasteiger partial charge in [-0.3, -0.25) is 4.79 Å². The molecule has 9 nitrogen and oxygen atoms in total. The second-order valence-electron chi connectivity index (χ2n) is 5.83. The summed E-state index contributed by atoms with van der Waals surface area (Å²) in [6.45, 7) is 3.10. The number of hydrogen-bond donors (Lipinski definition) is 1. The Morgan fingerprint density at radius 3 is 2.37 bits per heavy atom. The van der Waals surface area contributed by atoms with Crippen molar-refractivity contribution in [3.05, 3.63) is 45.8 Å². The van der Waals surface area contributed by atoms with Crippen LogP contribution >= 0.6 is 11.3 Å². The van der Waals surface area contributed by atoms with Crippen molar-refractivity contribution in [2.45, 2.75) is 13.8 Å². The van der Waals surface area contributed by atoms with Crippen LogP contribution < -0.4 is 10.1 Å². The summed E-state index contributed by atoms with van der Waals surface area (Å²) in [4.78, 5) is 48.3. The smallest absolute Gasteiger partial charge is 0.348 e. The van der Waals surface area contributed by atoms with Crippen LogP contribution in [0.4, 0.5) is 5.00 Å². The Hall–Kier alpha value is -3.40. The zero-order valence-electron chi connectivity index (χ0n) is 16.9. The minimum absolute atomic E-state index is 0.0700. The molecule has 0 atom stereocenters. The molecule has 2 rings (SSSR count). The van der Waals surface area contributed by atoms with Gasteiger partial charge in [-0.2, -0.15) is 0 Å². The van der Waals surface area contributed by atoms with Crippen molar-refractivity contribution in [2.24, 2.45) is 0 Å². The molecule has 0 bridgehead atoms. The van der Waals surface area contributed by atoms with Crippen LogP contribution in [-0.2, 0) is 19.0 Å². The summed E-state index contributed by atoms with van der Waals surface area (Å²) in [6, 6.07) is 6.20. The van der Waals surface area contributed by atoms with Crippen molar-refractivity contribution in [2.75, 3.05) is 32.8 Å². The summed E-state index contributed by atoms with van der Waals surface area (Å²) in [6.07, 6.45) is 0. The predicted octanol–water partition coefficient (Wildman–Crippen LogP) is 2.82. The van der Waals surface area contributed by atoms with Crippen molar-refractivity contribution in [3.8, 4) is 5.75 Å². The number of amides is 1. The Morgan fingerprint density at radius 2 is 1.73 bits per heavy atom. The molecule has 0 aliphatic rings. The van der Waals surface area contributed by atoms with E-state index < -0.39 is 30.4 Å². The first-order valence-electron chi connectivity index (χ1n) is 8.82. The number of ether oxygens (including phenoxy) is 4. The second-order valence-corrected chi connectivity index (χ2v) is 6.85. The number of carbonyl (C=O) groups excluding carboxylic acids is 4. The highest BCUT2D eigenvalue weighted by atomic mass is 32.1. The van der Waals surface area contributed by atoms with E-state index in [2.05, 4.69) is 5.32 Å². The van der Waals surface area contributed by atoms with Gasteiger partial charge in [0.15, 0.2) is 6.61 Å². The zero-order chi connectivity index (χ0) is 22.3. The normalized spacial score (nSPS) is 10.1. The van der Waals surface area contributed by atoms with E-state index in [1.54, 1.807) is 32.0 Å². The van der Waals surface area contributed by atoms with Gasteiger partial charge in [0.25, 0.3) is 5.91 Å². The lowest BCUT2D eigenvalue weighted by molar-refractivity contribution is -0.118. The quantitative estimate of drug-likeness (QED) is 0.497. The number of carbonyl (C=O) groups is 4. The van der Waals surface area contributed by atoms with E-state index in [1.807, 2.05) is 0 Å². The van der Waals surface area contributed by atoms with Crippen LogP contribution in [0.5, 0.6) is 5.75 Å². The van der Waals surface area contributed by atoms with Crippen LogP contribution in [0.1, 0.15) is 42.9 Å². The number of methoxy groups -OCH3 is 2. The lowest BCUT2D eigenvalue weighted by Gasteiger charge is -2.09. The maximum atomic E-state index is 12.3. The number of rotatable bonds is 8. The Morgan fingerprint density at radius 1 is 1.03 bits per heavy atom. The van der Waals surface area contributed by atoms with E-state index >= 15 is 0 Å². The van der Waals surface area contributed by atoms with Crippen molar-refractivity contribution in [1.29, 1.82) is 0 Å². The minimum atomic E-state index is -0.697. The average Bonchev–Trinajstić information content (AvgIpc) is 3.07. The third-order valence-corrected chi connectivity index (χ3v) is 5.06. The van der Waals surface area contributed by atoms with Gasteiger partial charge in [0.2, 0.25) is 0 Å². The van der Waals surface area contributed by atoms with E-state index in [-0.39, 0.29) is 22.0 Å². The molecule has 1 amide bonds. The molecule has 0 unspecified atom stereocenters. The summed E-state index contributed by atoms with van der Waals surface area (Å²) < 4.78 is 19.8. The summed E-state index contributed by atoms with van der Waals surface area (Å²) in [7, 11) is 2.41. The van der Waals surface area contributed by atoms with Gasteiger partial charge in [0.05, 0.1) is 32.0 Å². The molecule has 0 radical (unpaired) electrons. The highest BCUT2D eigenvalue weighted by molar-refractivity contribution is 7.18. The summed E-state index contributed by atoms with van der Waals surface area (Å²) in [5, 5.41) is 2.70. The van der Waals surface area contributed by atoms with E-state index in [1.165, 1.54) is 20.3 Å². The second kappa shape index (κ2) is 10.4. The molecule has 1 heterocycles. The van der Waals surface area contributed by atoms with E-state index in [0.717, 1.165) is 11.3 Å². The molecule has 0 saturated heterocycles. The van der Waals surface area contributed by atoms with Crippen molar-refractivity contribution < 1.29 is 38.1 Å². The molecule has 0 aliphatic carbocycles. The molecule has 2 aromatic rings. The van der Waals surface area contributed by atoms with Crippen LogP contribution in [0.3, 0.4) is 0 Å². The van der Waals surface area contributed by atoms with Gasteiger partial charge >= 0.3 is 17.9 Å². The van der Waals surface area contributed by atoms with Crippen molar-refractivity contribution >= 4 is 40.2 Å². The number of thiophene rings is 1. The van der Waals surface area contributed by atoms with Crippen LogP contribution in [0.2, 0.25) is 0 Å². The monoisotopic (exact) mass is 435 g/mol. The lowest BCUT2D eigenvalue weighted by Crippen LogP contribution is -2.21. The lowest BCUT2D eigenvalue weighted by atomic mass is 10.1. The summed E-state index contributed by atoms with van der Waals surface area (Å²) >= 11 is 0.900. The minimum Gasteiger partial charge on any atom is -0.484 e. The molecule has 1 N–H and O–H groups in total. The van der Waals surface area contributed by atoms with Crippen LogP contribution in [-0.4, -0.2) is 51.2 Å². The predicted molar refractivity (Wildman–Crippen MR) is 108 cm³/mol. The van der Waals surface area contributed by atoms with Gasteiger partial charge in [-0.05, 0) is 37.6 Å². The van der Waals surface area contributed by atoms with E-state index in [4.69, 9.17) is 18.9 Å². The fourth-order valence-electron chi connectivity index (χ4n) is 2.48. The maximum Gasteiger partial charge on any atom is 0.348 e. The van der Waals surface area contributed by atoms with Crippen LogP contribution in [0.25, 0.3) is 0 Å². The van der Waals surface area contributed by atoms with Crippen molar-refractivity contribution in [3.63, 3.8) is 0 Å². The molecule has 1 aromatic carbocycles. The fraction of sp³-hybridized carbons (Fsp3) is 0.300. The van der Waals surface area contributed by atoms with Gasteiger partial charge in [-0.25, -0.2) is 14.4 Å². The summed E-state index contributed by atoms with van der Waals surface area (Å²) in [5.41, 5.74) is 0.706. The topological polar surface area (TPSA) is 117 Å². The number of hydrogen-bond acceptors (Lipinski definition) is 9. The number of anilines is 1. The standard InChI is InChI=1S/C20H21NO8S/c1-5-28-18(23)12-7-6-8-13(9-12)29-10-14(22)21-17-15(19(24)26-3)11(2)16(30-17)20(25)27-4/h6-9H,5,10H2,1-4H3,(H,21,22). The first-order valence-corrected chi connectivity index (χ1v) is 9.63. The highest BCUT2D eigenvalue weighted by Crippen LogP contribution is 2.34. The van der Waals surface area contributed by atoms with Crippen LogP contribution in [0, 0.1) is 6.92 Å². The molecule has 1 aromatic heterocycles. The third kappa shape index (κ3) is 5.35. The van der Waals surface area contributed by atoms with E-state index in [0.29, 0.717) is 16.9 Å². The molecule has 10 heteroatoms. The summed E-state index contributed by atoms with van der Waals surface area (Å²) in [5.74, 6) is -2.10. The molecule has 160 valence electrons. The maximum absolute atomic E-state index is 12.3. The van der Waals surface area contributed by atoms with Gasteiger partial charge in [-0.15, -0.1) is 11.3 Å². The Bertz CT molecular complexity index is 966. The first-order chi connectivity index (χ1) is 14.3. The molecular formula is C20H21NO8S. The Balaban J connectivity index is 2.13. The fourth-order valence-corrected chi connectivity index (χ4v) is 3.60. The van der Waals surface area contributed by atoms with Gasteiger partial charge < -0.3 is 24.3 Å². The van der Waals surface area contributed by atoms with Crippen LogP contribution in [0.15, 0.2) is 24.3 Å². The third-order valence-electron chi connectivity index (χ3n) is 3.88. The molecule has 0 saturated carbocycles. The number of benzene rings is 1. The highest BCUT2D eigenvalue weighted by Gasteiger charge is 2.26. The molecular weight excluding hydrogens is 414 g/mol. The Labute approximate surface area is 176 Å². The van der Waals surface area contributed by atoms with Gasteiger partial charge in [0, 0.05) is 0 Å². The zero-order valence-corrected chi connectivity index (χ0v) is 17.7. The number of esters is 3. The molecule has 0 aliphatic heterocycles. The molecule has 30 heavy (non-hydrogen) atoms. The van der Waals surface area contributed by atoms with Gasteiger partial charge in [-0.1, -0.05) is 6.07 Å². The SMILES string of the molecule is CCOC(=O)c1cccc(OCC(=O)Nc2sc(C(=O)OC)c(C)c2C(=O)OC)c1. The number of nitrogens with one attached hydrogen (secondary N) is 1. The Kier molecular flexibility index (Phi) is 7.93. The first kappa shape index (κ1) is 22.9. The van der Waals surface area contributed by atoms with Crippen molar-refractivity contribution in [1.82, 2.24) is 0 Å². The average molecular weight is 435 g/mol. The molecule has 0 fully saturated rings. The molecule has 0 spiro atoms. The largest absolute Gasteiger partial charge is 0.484 e. The van der Waals surface area contributed by atoms with E-state index in [9.17, 15) is 19.2 Å². The van der Waals surface area contributed by atoms with Gasteiger partial charge in [0.1, 0.15) is 15.6 Å².